The van der Waals surface area contributed by atoms with Gasteiger partial charge >= 0.3 is 0 Å². The summed E-state index contributed by atoms with van der Waals surface area (Å²) >= 11 is 1.66. The molecular weight excluding hydrogens is 184 g/mol. The molecule has 64 valence electrons. The highest BCUT2D eigenvalue weighted by atomic mass is 32.2. The van der Waals surface area contributed by atoms with Gasteiger partial charge in [0.05, 0.1) is 5.69 Å². The molecule has 1 aromatic carbocycles. The number of nitrogens with zero attached hydrogens (tertiary/aromatic N) is 4. The Balaban J connectivity index is 2.30. The summed E-state index contributed by atoms with van der Waals surface area (Å²) in [5.74, 6) is 0.955. The van der Waals surface area contributed by atoms with Crippen LogP contribution in [-0.2, 0) is 5.75 Å². The van der Waals surface area contributed by atoms with Gasteiger partial charge in [0.2, 0.25) is 5.16 Å². The van der Waals surface area contributed by atoms with E-state index in [1.807, 2.05) is 18.2 Å². The number of hydrogen-bond acceptors (Lipinski definition) is 4. The van der Waals surface area contributed by atoms with Crippen LogP contribution in [0.25, 0.3) is 5.69 Å². The summed E-state index contributed by atoms with van der Waals surface area (Å²) in [6.45, 7) is 0. The molecule has 13 heavy (non-hydrogen) atoms. The second-order valence-corrected chi connectivity index (χ2v) is 3.73. The van der Waals surface area contributed by atoms with Crippen molar-refractivity contribution in [3.63, 3.8) is 0 Å². The molecule has 0 bridgehead atoms. The third kappa shape index (κ3) is 0.968. The maximum atomic E-state index is 3.93. The van der Waals surface area contributed by atoms with Crippen LogP contribution in [0.5, 0.6) is 0 Å². The van der Waals surface area contributed by atoms with Crippen molar-refractivity contribution in [2.24, 2.45) is 0 Å². The standard InChI is InChI=1S/C8H6N4S/c1-2-4-7-6(3-1)5-13-8-9-10-11-12(7)8/h1-4H,5H2. The highest BCUT2D eigenvalue weighted by Gasteiger charge is 2.17. The molecule has 0 aliphatic carbocycles. The van der Waals surface area contributed by atoms with Gasteiger partial charge in [0, 0.05) is 5.75 Å². The molecule has 0 saturated carbocycles. The van der Waals surface area contributed by atoms with Crippen LogP contribution in [0.1, 0.15) is 5.56 Å². The molecule has 0 atom stereocenters. The number of fused-ring (bicyclic) bond motifs is 3. The molecule has 0 N–H and O–H groups in total. The number of hydrogen-bond donors (Lipinski definition) is 0. The third-order valence-corrected chi connectivity index (χ3v) is 2.99. The molecule has 1 aromatic heterocycles. The monoisotopic (exact) mass is 190 g/mol. The maximum Gasteiger partial charge on any atom is 0.214 e. The summed E-state index contributed by atoms with van der Waals surface area (Å²) < 4.78 is 1.78. The van der Waals surface area contributed by atoms with Crippen LogP contribution in [0.4, 0.5) is 0 Å². The summed E-state index contributed by atoms with van der Waals surface area (Å²) in [5.41, 5.74) is 2.38. The molecule has 2 heterocycles. The summed E-state index contributed by atoms with van der Waals surface area (Å²) in [6, 6.07) is 8.18. The van der Waals surface area contributed by atoms with E-state index in [9.17, 15) is 0 Å². The number of para-hydroxylation sites is 1. The lowest BCUT2D eigenvalue weighted by Crippen LogP contribution is -2.06. The molecule has 0 amide bonds. The summed E-state index contributed by atoms with van der Waals surface area (Å²) in [5, 5.41) is 12.4. The number of benzene rings is 1. The second-order valence-electron chi connectivity index (χ2n) is 2.79. The van der Waals surface area contributed by atoms with E-state index in [0.29, 0.717) is 0 Å². The largest absolute Gasteiger partial charge is 0.214 e. The molecule has 0 fully saturated rings. The van der Waals surface area contributed by atoms with Crippen LogP contribution in [0.2, 0.25) is 0 Å². The Hall–Kier alpha value is -1.36. The first kappa shape index (κ1) is 7.08. The van der Waals surface area contributed by atoms with Gasteiger partial charge in [-0.1, -0.05) is 30.0 Å². The van der Waals surface area contributed by atoms with E-state index in [1.165, 1.54) is 5.56 Å². The van der Waals surface area contributed by atoms with Crippen molar-refractivity contribution < 1.29 is 0 Å². The minimum atomic E-state index is 0.874. The molecular formula is C8H6N4S. The zero-order chi connectivity index (χ0) is 8.67. The fraction of sp³-hybridized carbons (Fsp3) is 0.125. The van der Waals surface area contributed by atoms with Crippen LogP contribution in [0, 0.1) is 0 Å². The molecule has 3 rings (SSSR count). The van der Waals surface area contributed by atoms with Gasteiger partial charge in [0.1, 0.15) is 0 Å². The predicted octanol–water partition coefficient (Wildman–Crippen LogP) is 1.27. The number of rotatable bonds is 0. The summed E-state index contributed by atoms with van der Waals surface area (Å²) in [4.78, 5) is 0. The smallest absolute Gasteiger partial charge is 0.187 e. The molecule has 2 aromatic rings. The number of thioether (sulfide) groups is 1. The molecule has 0 saturated heterocycles. The number of tetrazole rings is 1. The van der Waals surface area contributed by atoms with E-state index in [0.717, 1.165) is 16.6 Å². The fourth-order valence-corrected chi connectivity index (χ4v) is 2.28. The van der Waals surface area contributed by atoms with Crippen molar-refractivity contribution in [3.05, 3.63) is 29.8 Å². The van der Waals surface area contributed by atoms with Gasteiger partial charge in [-0.15, -0.1) is 5.10 Å². The predicted molar refractivity (Wildman–Crippen MR) is 48.7 cm³/mol. The molecule has 1 aliphatic rings. The Morgan fingerprint density at radius 3 is 3.23 bits per heavy atom. The second kappa shape index (κ2) is 2.56. The zero-order valence-electron chi connectivity index (χ0n) is 6.71. The topological polar surface area (TPSA) is 43.6 Å². The molecule has 4 nitrogen and oxygen atoms in total. The van der Waals surface area contributed by atoms with Crippen LogP contribution in [-0.4, -0.2) is 20.2 Å². The van der Waals surface area contributed by atoms with Gasteiger partial charge in [0.25, 0.3) is 0 Å². The number of aromatic nitrogens is 4. The first-order chi connectivity index (χ1) is 6.45. The van der Waals surface area contributed by atoms with Gasteiger partial charge in [-0.2, -0.15) is 4.68 Å². The first-order valence-corrected chi connectivity index (χ1v) is 4.93. The Morgan fingerprint density at radius 1 is 1.31 bits per heavy atom. The van der Waals surface area contributed by atoms with Crippen molar-refractivity contribution in [3.8, 4) is 5.69 Å². The van der Waals surface area contributed by atoms with E-state index >= 15 is 0 Å². The maximum absolute atomic E-state index is 3.93. The molecule has 1 aliphatic heterocycles. The summed E-state index contributed by atoms with van der Waals surface area (Å²) in [7, 11) is 0. The Bertz CT molecular complexity index is 451. The quantitative estimate of drug-likeness (QED) is 0.627. The van der Waals surface area contributed by atoms with Crippen molar-refractivity contribution in [1.82, 2.24) is 20.2 Å². The van der Waals surface area contributed by atoms with Crippen molar-refractivity contribution in [2.45, 2.75) is 10.9 Å². The minimum Gasteiger partial charge on any atom is -0.187 e. The van der Waals surface area contributed by atoms with E-state index < -0.39 is 0 Å². The highest BCUT2D eigenvalue weighted by molar-refractivity contribution is 7.98. The normalized spacial score (nSPS) is 13.5. The highest BCUT2D eigenvalue weighted by Crippen LogP contribution is 2.30. The van der Waals surface area contributed by atoms with E-state index in [4.69, 9.17) is 0 Å². The Morgan fingerprint density at radius 2 is 2.23 bits per heavy atom. The summed E-state index contributed by atoms with van der Waals surface area (Å²) in [6.07, 6.45) is 0. The van der Waals surface area contributed by atoms with Crippen molar-refractivity contribution in [1.29, 1.82) is 0 Å². The fourth-order valence-electron chi connectivity index (χ4n) is 1.40. The third-order valence-electron chi connectivity index (χ3n) is 2.02. The SMILES string of the molecule is c1ccc2c(c1)CSc1nnnn1-2. The first-order valence-electron chi connectivity index (χ1n) is 3.94. The van der Waals surface area contributed by atoms with Crippen LogP contribution >= 0.6 is 11.8 Å². The van der Waals surface area contributed by atoms with Gasteiger partial charge in [0.15, 0.2) is 0 Å². The van der Waals surface area contributed by atoms with Crippen LogP contribution in [0.3, 0.4) is 0 Å². The van der Waals surface area contributed by atoms with Gasteiger partial charge in [-0.3, -0.25) is 0 Å². The van der Waals surface area contributed by atoms with Gasteiger partial charge < -0.3 is 0 Å². The van der Waals surface area contributed by atoms with Crippen LogP contribution < -0.4 is 0 Å². The van der Waals surface area contributed by atoms with Gasteiger partial charge in [-0.25, -0.2) is 0 Å². The Kier molecular flexibility index (Phi) is 1.40. The minimum absolute atomic E-state index is 0.874. The average molecular weight is 190 g/mol. The van der Waals surface area contributed by atoms with E-state index in [2.05, 4.69) is 21.6 Å². The lowest BCUT2D eigenvalue weighted by atomic mass is 10.2. The molecule has 0 unspecified atom stereocenters. The zero-order valence-corrected chi connectivity index (χ0v) is 7.53. The van der Waals surface area contributed by atoms with Crippen LogP contribution in [0.15, 0.2) is 29.4 Å². The van der Waals surface area contributed by atoms with E-state index in [1.54, 1.807) is 16.4 Å². The van der Waals surface area contributed by atoms with Crippen molar-refractivity contribution in [2.75, 3.05) is 0 Å². The molecule has 5 heteroatoms. The Labute approximate surface area is 79.0 Å². The van der Waals surface area contributed by atoms with E-state index in [-0.39, 0.29) is 0 Å². The molecule has 0 spiro atoms. The van der Waals surface area contributed by atoms with Gasteiger partial charge in [-0.05, 0) is 22.1 Å². The molecule has 0 radical (unpaired) electrons. The lowest BCUT2D eigenvalue weighted by Gasteiger charge is -2.13. The average Bonchev–Trinajstić information content (AvgIpc) is 2.65. The lowest BCUT2D eigenvalue weighted by molar-refractivity contribution is 0.744. The van der Waals surface area contributed by atoms with Crippen molar-refractivity contribution >= 4 is 11.8 Å².